The van der Waals surface area contributed by atoms with E-state index in [-0.39, 0.29) is 5.56 Å². The molecule has 0 spiro atoms. The van der Waals surface area contributed by atoms with Gasteiger partial charge >= 0.3 is 0 Å². The van der Waals surface area contributed by atoms with Gasteiger partial charge in [0.1, 0.15) is 5.69 Å². The standard InChI is InChI=1S/C11H14N4O2/c1-2-6-12-7-10-14-15-11(17-10)8-4-3-5-9(16)13-8/h3-5,12H,2,6-7H2,1H3,(H,13,16). The van der Waals surface area contributed by atoms with Gasteiger partial charge in [0.05, 0.1) is 6.54 Å². The van der Waals surface area contributed by atoms with Gasteiger partial charge in [-0.2, -0.15) is 0 Å². The van der Waals surface area contributed by atoms with Gasteiger partial charge in [-0.1, -0.05) is 13.0 Å². The molecule has 0 saturated heterocycles. The smallest absolute Gasteiger partial charge is 0.264 e. The summed E-state index contributed by atoms with van der Waals surface area (Å²) in [6.45, 7) is 3.53. The van der Waals surface area contributed by atoms with Crippen LogP contribution in [0.25, 0.3) is 11.6 Å². The largest absolute Gasteiger partial charge is 0.418 e. The van der Waals surface area contributed by atoms with E-state index in [1.165, 1.54) is 6.07 Å². The Bertz CT molecular complexity index is 532. The molecule has 2 heterocycles. The Morgan fingerprint density at radius 2 is 2.29 bits per heavy atom. The predicted molar refractivity (Wildman–Crippen MR) is 62.4 cm³/mol. The number of nitrogens with one attached hydrogen (secondary N) is 2. The van der Waals surface area contributed by atoms with Gasteiger partial charge in [0.2, 0.25) is 11.4 Å². The number of H-pyrrole nitrogens is 1. The Balaban J connectivity index is 2.10. The zero-order valence-corrected chi connectivity index (χ0v) is 9.56. The van der Waals surface area contributed by atoms with Gasteiger partial charge in [-0.05, 0) is 19.0 Å². The molecule has 0 saturated carbocycles. The molecule has 2 aromatic rings. The number of aromatic nitrogens is 3. The summed E-state index contributed by atoms with van der Waals surface area (Å²) in [4.78, 5) is 13.8. The molecule has 90 valence electrons. The third-order valence-corrected chi connectivity index (χ3v) is 2.17. The molecule has 0 aliphatic carbocycles. The highest BCUT2D eigenvalue weighted by molar-refractivity contribution is 5.44. The molecule has 0 aliphatic rings. The van der Waals surface area contributed by atoms with Crippen LogP contribution in [0.2, 0.25) is 0 Å². The van der Waals surface area contributed by atoms with Gasteiger partial charge in [-0.15, -0.1) is 10.2 Å². The Hall–Kier alpha value is -1.95. The topological polar surface area (TPSA) is 83.8 Å². The predicted octanol–water partition coefficient (Wildman–Crippen LogP) is 0.924. The molecule has 0 radical (unpaired) electrons. The van der Waals surface area contributed by atoms with Crippen LogP contribution in [0.15, 0.2) is 27.4 Å². The van der Waals surface area contributed by atoms with Crippen LogP contribution in [0, 0.1) is 0 Å². The minimum absolute atomic E-state index is 0.189. The van der Waals surface area contributed by atoms with E-state index in [0.29, 0.717) is 24.0 Å². The lowest BCUT2D eigenvalue weighted by molar-refractivity contribution is 0.476. The van der Waals surface area contributed by atoms with Gasteiger partial charge in [0, 0.05) is 6.07 Å². The van der Waals surface area contributed by atoms with Crippen molar-refractivity contribution in [2.75, 3.05) is 6.54 Å². The molecule has 2 aromatic heterocycles. The first kappa shape index (κ1) is 11.5. The molecule has 0 amide bonds. The molecule has 0 bridgehead atoms. The maximum Gasteiger partial charge on any atom is 0.264 e. The van der Waals surface area contributed by atoms with Crippen molar-refractivity contribution in [1.29, 1.82) is 0 Å². The number of aromatic amines is 1. The zero-order valence-electron chi connectivity index (χ0n) is 9.56. The van der Waals surface area contributed by atoms with Crippen LogP contribution in [0.5, 0.6) is 0 Å². The first-order valence-electron chi connectivity index (χ1n) is 5.52. The van der Waals surface area contributed by atoms with Crippen LogP contribution in [0.3, 0.4) is 0 Å². The average molecular weight is 234 g/mol. The Labute approximate surface area is 98.1 Å². The number of nitrogens with zero attached hydrogens (tertiary/aromatic N) is 2. The maximum absolute atomic E-state index is 11.1. The van der Waals surface area contributed by atoms with Crippen molar-refractivity contribution in [3.63, 3.8) is 0 Å². The van der Waals surface area contributed by atoms with Gasteiger partial charge in [-0.25, -0.2) is 0 Å². The molecular weight excluding hydrogens is 220 g/mol. The summed E-state index contributed by atoms with van der Waals surface area (Å²) < 4.78 is 5.42. The van der Waals surface area contributed by atoms with Gasteiger partial charge in [0.25, 0.3) is 5.89 Å². The Morgan fingerprint density at radius 1 is 1.41 bits per heavy atom. The summed E-state index contributed by atoms with van der Waals surface area (Å²) in [5, 5.41) is 10.9. The number of pyridine rings is 1. The summed E-state index contributed by atoms with van der Waals surface area (Å²) in [5.41, 5.74) is 0.345. The summed E-state index contributed by atoms with van der Waals surface area (Å²) in [5.74, 6) is 0.842. The third kappa shape index (κ3) is 3.01. The van der Waals surface area contributed by atoms with Crippen molar-refractivity contribution in [3.8, 4) is 11.6 Å². The minimum atomic E-state index is -0.189. The first-order chi connectivity index (χ1) is 8.29. The van der Waals surface area contributed by atoms with Crippen LogP contribution >= 0.6 is 0 Å². The van der Waals surface area contributed by atoms with Crippen molar-refractivity contribution in [3.05, 3.63) is 34.4 Å². The van der Waals surface area contributed by atoms with Crippen molar-refractivity contribution in [2.24, 2.45) is 0 Å². The molecule has 0 aliphatic heterocycles. The van der Waals surface area contributed by atoms with Gasteiger partial charge in [-0.3, -0.25) is 4.79 Å². The van der Waals surface area contributed by atoms with E-state index in [2.05, 4.69) is 27.4 Å². The molecule has 6 nitrogen and oxygen atoms in total. The molecule has 6 heteroatoms. The third-order valence-electron chi connectivity index (χ3n) is 2.17. The van der Waals surface area contributed by atoms with Crippen molar-refractivity contribution >= 4 is 0 Å². The maximum atomic E-state index is 11.1. The molecule has 0 aromatic carbocycles. The molecular formula is C11H14N4O2. The zero-order chi connectivity index (χ0) is 12.1. The second-order valence-corrected chi connectivity index (χ2v) is 3.61. The molecule has 0 atom stereocenters. The molecule has 2 rings (SSSR count). The second kappa shape index (κ2) is 5.40. The lowest BCUT2D eigenvalue weighted by Crippen LogP contribution is -2.13. The molecule has 0 unspecified atom stereocenters. The summed E-state index contributed by atoms with van der Waals surface area (Å²) >= 11 is 0. The Kier molecular flexibility index (Phi) is 3.66. The van der Waals surface area contributed by atoms with Crippen LogP contribution in [-0.4, -0.2) is 21.7 Å². The lowest BCUT2D eigenvalue weighted by atomic mass is 10.3. The lowest BCUT2D eigenvalue weighted by Gasteiger charge is -1.96. The summed E-state index contributed by atoms with van der Waals surface area (Å²) in [6, 6.07) is 4.80. The Morgan fingerprint density at radius 3 is 3.06 bits per heavy atom. The van der Waals surface area contributed by atoms with E-state index in [0.717, 1.165) is 13.0 Å². The number of hydrogen-bond acceptors (Lipinski definition) is 5. The average Bonchev–Trinajstić information content (AvgIpc) is 2.78. The van der Waals surface area contributed by atoms with Crippen LogP contribution in [0.4, 0.5) is 0 Å². The fourth-order valence-electron chi connectivity index (χ4n) is 1.38. The fraction of sp³-hybridized carbons (Fsp3) is 0.364. The normalized spacial score (nSPS) is 10.6. The first-order valence-corrected chi connectivity index (χ1v) is 5.52. The van der Waals surface area contributed by atoms with E-state index in [9.17, 15) is 4.79 Å². The van der Waals surface area contributed by atoms with E-state index in [1.54, 1.807) is 12.1 Å². The van der Waals surface area contributed by atoms with Crippen molar-refractivity contribution in [2.45, 2.75) is 19.9 Å². The van der Waals surface area contributed by atoms with Crippen LogP contribution in [0.1, 0.15) is 19.2 Å². The number of rotatable bonds is 5. The van der Waals surface area contributed by atoms with Gasteiger partial charge in [0.15, 0.2) is 0 Å². The van der Waals surface area contributed by atoms with E-state index < -0.39 is 0 Å². The number of hydrogen-bond donors (Lipinski definition) is 2. The highest BCUT2D eigenvalue weighted by Crippen LogP contribution is 2.12. The van der Waals surface area contributed by atoms with Crippen LogP contribution < -0.4 is 10.9 Å². The molecule has 17 heavy (non-hydrogen) atoms. The second-order valence-electron chi connectivity index (χ2n) is 3.61. The van der Waals surface area contributed by atoms with Gasteiger partial charge < -0.3 is 14.7 Å². The monoisotopic (exact) mass is 234 g/mol. The minimum Gasteiger partial charge on any atom is -0.418 e. The van der Waals surface area contributed by atoms with Crippen molar-refractivity contribution in [1.82, 2.24) is 20.5 Å². The molecule has 0 fully saturated rings. The van der Waals surface area contributed by atoms with E-state index in [4.69, 9.17) is 4.42 Å². The summed E-state index contributed by atoms with van der Waals surface area (Å²) in [7, 11) is 0. The molecule has 2 N–H and O–H groups in total. The van der Waals surface area contributed by atoms with Crippen LogP contribution in [-0.2, 0) is 6.54 Å². The van der Waals surface area contributed by atoms with Crippen molar-refractivity contribution < 1.29 is 4.42 Å². The van der Waals surface area contributed by atoms with E-state index >= 15 is 0 Å². The quantitative estimate of drug-likeness (QED) is 0.752. The highest BCUT2D eigenvalue weighted by atomic mass is 16.4. The summed E-state index contributed by atoms with van der Waals surface area (Å²) in [6.07, 6.45) is 1.05. The van der Waals surface area contributed by atoms with E-state index in [1.807, 2.05) is 0 Å². The fourth-order valence-corrected chi connectivity index (χ4v) is 1.38. The SMILES string of the molecule is CCCNCc1nnc(-c2cccc(=O)[nH]2)o1. The highest BCUT2D eigenvalue weighted by Gasteiger charge is 2.08.